The van der Waals surface area contributed by atoms with E-state index in [9.17, 15) is 4.79 Å². The summed E-state index contributed by atoms with van der Waals surface area (Å²) in [5, 5.41) is 0. The normalized spacial score (nSPS) is 16.9. The molecule has 54 valence electrons. The van der Waals surface area contributed by atoms with Crippen LogP contribution in [0.25, 0.3) is 0 Å². The maximum Gasteiger partial charge on any atom is 1.00 e. The molecular formula is C6H12NNaO2. The molecule has 1 saturated carbocycles. The molecule has 0 radical (unpaired) electrons. The smallest absolute Gasteiger partial charge is 1.00 e. The summed E-state index contributed by atoms with van der Waals surface area (Å²) in [5.41, 5.74) is 2.67. The van der Waals surface area contributed by atoms with Gasteiger partial charge in [-0.1, -0.05) is 6.42 Å². The second kappa shape index (κ2) is 5.13. The Hall–Kier alpha value is 0.430. The Kier molecular flexibility index (Phi) is 5.35. The van der Waals surface area contributed by atoms with Crippen LogP contribution in [0.15, 0.2) is 0 Å². The first-order valence-electron chi connectivity index (χ1n) is 3.22. The van der Waals surface area contributed by atoms with Crippen LogP contribution in [-0.4, -0.2) is 12.0 Å². The van der Waals surface area contributed by atoms with E-state index in [-0.39, 0.29) is 37.0 Å². The Balaban J connectivity index is 0. The van der Waals surface area contributed by atoms with Crippen molar-refractivity contribution in [2.24, 2.45) is 0 Å². The van der Waals surface area contributed by atoms with Crippen LogP contribution in [-0.2, 0) is 9.63 Å². The molecule has 0 saturated heterocycles. The van der Waals surface area contributed by atoms with Gasteiger partial charge in [0.15, 0.2) is 0 Å². The summed E-state index contributed by atoms with van der Waals surface area (Å²) in [7, 11) is 0. The standard InChI is InChI=1S/C6H11NO2.Na.H/c1-5(8)9-7-6-3-2-4-6;;/h6-7H,2-4H2,1H3;;/q;+1;-1. The second-order valence-corrected chi connectivity index (χ2v) is 2.34. The zero-order valence-electron chi connectivity index (χ0n) is 7.52. The van der Waals surface area contributed by atoms with Gasteiger partial charge in [-0.15, -0.1) is 0 Å². The molecule has 0 aromatic rings. The van der Waals surface area contributed by atoms with Gasteiger partial charge in [-0.05, 0) is 12.8 Å². The monoisotopic (exact) mass is 153 g/mol. The average molecular weight is 153 g/mol. The van der Waals surface area contributed by atoms with Crippen molar-refractivity contribution in [2.75, 3.05) is 0 Å². The fraction of sp³-hybridized carbons (Fsp3) is 0.833. The van der Waals surface area contributed by atoms with Crippen molar-refractivity contribution < 1.29 is 40.6 Å². The topological polar surface area (TPSA) is 38.3 Å². The molecule has 0 amide bonds. The summed E-state index contributed by atoms with van der Waals surface area (Å²) in [6.07, 6.45) is 3.51. The summed E-state index contributed by atoms with van der Waals surface area (Å²) in [6.45, 7) is 1.39. The molecule has 0 spiro atoms. The Bertz CT molecular complexity index is 119. The Morgan fingerprint density at radius 1 is 1.70 bits per heavy atom. The molecule has 0 aromatic carbocycles. The van der Waals surface area contributed by atoms with E-state index < -0.39 is 0 Å². The summed E-state index contributed by atoms with van der Waals surface area (Å²) in [4.78, 5) is 14.8. The molecule has 0 bridgehead atoms. The molecule has 0 unspecified atom stereocenters. The van der Waals surface area contributed by atoms with Crippen molar-refractivity contribution in [3.63, 3.8) is 0 Å². The van der Waals surface area contributed by atoms with Gasteiger partial charge < -0.3 is 6.26 Å². The molecule has 3 nitrogen and oxygen atoms in total. The number of nitrogens with one attached hydrogen (secondary N) is 1. The van der Waals surface area contributed by atoms with E-state index >= 15 is 0 Å². The summed E-state index contributed by atoms with van der Waals surface area (Å²) in [6, 6.07) is 0.425. The van der Waals surface area contributed by atoms with E-state index in [2.05, 4.69) is 10.3 Å². The minimum Gasteiger partial charge on any atom is -1.00 e. The van der Waals surface area contributed by atoms with Gasteiger partial charge in [-0.2, -0.15) is 5.48 Å². The molecule has 0 aromatic heterocycles. The van der Waals surface area contributed by atoms with Crippen molar-refractivity contribution in [1.82, 2.24) is 5.48 Å². The molecular weight excluding hydrogens is 141 g/mol. The fourth-order valence-electron chi connectivity index (χ4n) is 0.692. The van der Waals surface area contributed by atoms with E-state index in [0.717, 1.165) is 12.8 Å². The van der Waals surface area contributed by atoms with E-state index in [1.54, 1.807) is 0 Å². The van der Waals surface area contributed by atoms with Gasteiger partial charge in [-0.25, -0.2) is 0 Å². The average Bonchev–Trinajstić information content (AvgIpc) is 1.60. The molecule has 0 atom stereocenters. The summed E-state index contributed by atoms with van der Waals surface area (Å²) < 4.78 is 0. The number of carbonyl (C=O) groups is 1. The van der Waals surface area contributed by atoms with Gasteiger partial charge in [0, 0.05) is 13.0 Å². The first kappa shape index (κ1) is 10.4. The van der Waals surface area contributed by atoms with Gasteiger partial charge in [0.2, 0.25) is 0 Å². The van der Waals surface area contributed by atoms with Crippen LogP contribution >= 0.6 is 0 Å². The number of rotatable bonds is 2. The zero-order chi connectivity index (χ0) is 6.69. The predicted molar refractivity (Wildman–Crippen MR) is 33.7 cm³/mol. The van der Waals surface area contributed by atoms with Crippen molar-refractivity contribution >= 4 is 5.97 Å². The first-order chi connectivity index (χ1) is 4.29. The van der Waals surface area contributed by atoms with Crippen LogP contribution in [0.3, 0.4) is 0 Å². The van der Waals surface area contributed by atoms with E-state index in [4.69, 9.17) is 0 Å². The van der Waals surface area contributed by atoms with Gasteiger partial charge >= 0.3 is 35.5 Å². The van der Waals surface area contributed by atoms with Crippen LogP contribution in [0.2, 0.25) is 0 Å². The fourth-order valence-corrected chi connectivity index (χ4v) is 0.692. The van der Waals surface area contributed by atoms with Gasteiger partial charge in [-0.3, -0.25) is 4.79 Å². The number of carbonyl (C=O) groups excluding carboxylic acids is 1. The molecule has 4 heteroatoms. The van der Waals surface area contributed by atoms with Crippen LogP contribution in [0, 0.1) is 0 Å². The SMILES string of the molecule is CC(=O)ONC1CCC1.[H-].[Na+]. The minimum atomic E-state index is -0.262. The van der Waals surface area contributed by atoms with Crippen molar-refractivity contribution in [3.8, 4) is 0 Å². The van der Waals surface area contributed by atoms with Gasteiger partial charge in [0.1, 0.15) is 0 Å². The van der Waals surface area contributed by atoms with Gasteiger partial charge in [0.25, 0.3) is 0 Å². The first-order valence-corrected chi connectivity index (χ1v) is 3.22. The number of hydrogen-bond donors (Lipinski definition) is 1. The molecule has 10 heavy (non-hydrogen) atoms. The molecule has 1 aliphatic carbocycles. The number of hydroxylamine groups is 1. The zero-order valence-corrected chi connectivity index (χ0v) is 8.52. The van der Waals surface area contributed by atoms with E-state index in [1.165, 1.54) is 13.3 Å². The molecule has 1 N–H and O–H groups in total. The quantitative estimate of drug-likeness (QED) is 0.359. The Labute approximate surface area is 84.2 Å². The third kappa shape index (κ3) is 3.56. The molecule has 0 heterocycles. The minimum absolute atomic E-state index is 0. The maximum absolute atomic E-state index is 10.2. The molecule has 1 rings (SSSR count). The summed E-state index contributed by atoms with van der Waals surface area (Å²) >= 11 is 0. The van der Waals surface area contributed by atoms with E-state index in [1.807, 2.05) is 0 Å². The third-order valence-corrected chi connectivity index (χ3v) is 1.47. The van der Waals surface area contributed by atoms with Crippen LogP contribution in [0.5, 0.6) is 0 Å². The largest absolute Gasteiger partial charge is 1.00 e. The van der Waals surface area contributed by atoms with Crippen LogP contribution in [0.4, 0.5) is 0 Å². The van der Waals surface area contributed by atoms with E-state index in [0.29, 0.717) is 6.04 Å². The van der Waals surface area contributed by atoms with Crippen LogP contribution < -0.4 is 35.0 Å². The van der Waals surface area contributed by atoms with Crippen molar-refractivity contribution in [2.45, 2.75) is 32.2 Å². The Morgan fingerprint density at radius 2 is 2.30 bits per heavy atom. The van der Waals surface area contributed by atoms with Crippen molar-refractivity contribution in [1.29, 1.82) is 0 Å². The molecule has 0 aliphatic heterocycles. The predicted octanol–water partition coefficient (Wildman–Crippen LogP) is -2.28. The third-order valence-electron chi connectivity index (χ3n) is 1.47. The maximum atomic E-state index is 10.2. The van der Waals surface area contributed by atoms with Crippen LogP contribution in [0.1, 0.15) is 27.6 Å². The molecule has 1 aliphatic rings. The molecule has 1 fully saturated rings. The Morgan fingerprint density at radius 3 is 2.60 bits per heavy atom. The second-order valence-electron chi connectivity index (χ2n) is 2.34. The van der Waals surface area contributed by atoms with Crippen molar-refractivity contribution in [3.05, 3.63) is 0 Å². The number of hydrogen-bond acceptors (Lipinski definition) is 3. The van der Waals surface area contributed by atoms with Gasteiger partial charge in [0.05, 0.1) is 0 Å². The summed E-state index contributed by atoms with van der Waals surface area (Å²) in [5.74, 6) is -0.262.